The predicted molar refractivity (Wildman–Crippen MR) is 81.3 cm³/mol. The molecule has 1 aromatic carbocycles. The first kappa shape index (κ1) is 14.2. The molecule has 5 heteroatoms. The highest BCUT2D eigenvalue weighted by molar-refractivity contribution is 9.10. The largest absolute Gasteiger partial charge is 0.506 e. The SMILES string of the molecule is Cc1ncc2c(c1O)C(CC(=O)c1ccc(Br)cc1)OC2. The maximum atomic E-state index is 12.3. The minimum atomic E-state index is -0.405. The van der Waals surface area contributed by atoms with Gasteiger partial charge in [0.15, 0.2) is 5.78 Å². The van der Waals surface area contributed by atoms with Crippen molar-refractivity contribution in [1.29, 1.82) is 0 Å². The predicted octanol–water partition coefficient (Wildman–Crippen LogP) is 3.70. The van der Waals surface area contributed by atoms with Crippen LogP contribution in [-0.4, -0.2) is 15.9 Å². The lowest BCUT2D eigenvalue weighted by Gasteiger charge is -2.12. The van der Waals surface area contributed by atoms with E-state index < -0.39 is 6.10 Å². The number of carbonyl (C=O) groups is 1. The summed E-state index contributed by atoms with van der Waals surface area (Å²) in [5, 5.41) is 10.1. The van der Waals surface area contributed by atoms with Gasteiger partial charge in [0.1, 0.15) is 5.75 Å². The summed E-state index contributed by atoms with van der Waals surface area (Å²) in [7, 11) is 0. The number of aromatic hydroxyl groups is 1. The van der Waals surface area contributed by atoms with Gasteiger partial charge in [0.2, 0.25) is 0 Å². The smallest absolute Gasteiger partial charge is 0.165 e. The monoisotopic (exact) mass is 347 g/mol. The van der Waals surface area contributed by atoms with Crippen molar-refractivity contribution in [2.45, 2.75) is 26.1 Å². The standard InChI is InChI=1S/C16H14BrNO3/c1-9-16(20)15-11(7-18-9)8-21-14(15)6-13(19)10-2-4-12(17)5-3-10/h2-5,7,14,20H,6,8H2,1H3. The normalized spacial score (nSPS) is 16.8. The van der Waals surface area contributed by atoms with E-state index in [0.29, 0.717) is 23.4 Å². The molecule has 0 aliphatic carbocycles. The lowest BCUT2D eigenvalue weighted by Crippen LogP contribution is -2.07. The van der Waals surface area contributed by atoms with Crippen LogP contribution in [0.3, 0.4) is 0 Å². The van der Waals surface area contributed by atoms with Gasteiger partial charge in [-0.05, 0) is 19.1 Å². The van der Waals surface area contributed by atoms with E-state index in [1.165, 1.54) is 0 Å². The van der Waals surface area contributed by atoms with Gasteiger partial charge >= 0.3 is 0 Å². The summed E-state index contributed by atoms with van der Waals surface area (Å²) in [5.41, 5.74) is 2.75. The number of carbonyl (C=O) groups excluding carboxylic acids is 1. The molecule has 0 fully saturated rings. The van der Waals surface area contributed by atoms with Crippen LogP contribution in [0.4, 0.5) is 0 Å². The zero-order chi connectivity index (χ0) is 15.0. The maximum Gasteiger partial charge on any atom is 0.165 e. The van der Waals surface area contributed by atoms with Crippen LogP contribution in [0, 0.1) is 6.92 Å². The number of pyridine rings is 1. The fourth-order valence-corrected chi connectivity index (χ4v) is 2.75. The lowest BCUT2D eigenvalue weighted by molar-refractivity contribution is 0.0529. The Bertz CT molecular complexity index is 697. The molecule has 1 unspecified atom stereocenters. The van der Waals surface area contributed by atoms with Crippen molar-refractivity contribution >= 4 is 21.7 Å². The Labute approximate surface area is 130 Å². The third-order valence-corrected chi connectivity index (χ3v) is 4.19. The number of fused-ring (bicyclic) bond motifs is 1. The Morgan fingerprint density at radius 3 is 2.86 bits per heavy atom. The number of hydrogen-bond donors (Lipinski definition) is 1. The van der Waals surface area contributed by atoms with Crippen molar-refractivity contribution in [3.63, 3.8) is 0 Å². The molecule has 0 bridgehead atoms. The van der Waals surface area contributed by atoms with Crippen LogP contribution < -0.4 is 0 Å². The van der Waals surface area contributed by atoms with Crippen LogP contribution in [0.25, 0.3) is 0 Å². The molecule has 21 heavy (non-hydrogen) atoms. The van der Waals surface area contributed by atoms with Gasteiger partial charge in [-0.25, -0.2) is 0 Å². The summed E-state index contributed by atoms with van der Waals surface area (Å²) >= 11 is 3.35. The second-order valence-electron chi connectivity index (χ2n) is 5.06. The first-order valence-electron chi connectivity index (χ1n) is 6.64. The van der Waals surface area contributed by atoms with E-state index in [1.807, 2.05) is 12.1 Å². The fraction of sp³-hybridized carbons (Fsp3) is 0.250. The molecule has 1 aliphatic rings. The van der Waals surface area contributed by atoms with E-state index in [4.69, 9.17) is 4.74 Å². The number of aryl methyl sites for hydroxylation is 1. The molecule has 0 spiro atoms. The van der Waals surface area contributed by atoms with Crippen LogP contribution in [0.15, 0.2) is 34.9 Å². The quantitative estimate of drug-likeness (QED) is 0.860. The summed E-state index contributed by atoms with van der Waals surface area (Å²) in [4.78, 5) is 16.4. The Hall–Kier alpha value is -1.72. The highest BCUT2D eigenvalue weighted by Gasteiger charge is 2.30. The molecular formula is C16H14BrNO3. The molecule has 4 nitrogen and oxygen atoms in total. The number of Topliss-reactive ketones (excluding diaryl/α,β-unsaturated/α-hetero) is 1. The topological polar surface area (TPSA) is 59.4 Å². The van der Waals surface area contributed by atoms with Gasteiger partial charge < -0.3 is 9.84 Å². The summed E-state index contributed by atoms with van der Waals surface area (Å²) < 4.78 is 6.58. The van der Waals surface area contributed by atoms with E-state index in [2.05, 4.69) is 20.9 Å². The van der Waals surface area contributed by atoms with Gasteiger partial charge in [-0.2, -0.15) is 0 Å². The van der Waals surface area contributed by atoms with E-state index in [9.17, 15) is 9.90 Å². The number of aromatic nitrogens is 1. The molecule has 0 saturated heterocycles. The van der Waals surface area contributed by atoms with Crippen molar-refractivity contribution < 1.29 is 14.6 Å². The summed E-state index contributed by atoms with van der Waals surface area (Å²) in [6, 6.07) is 7.23. The molecule has 0 saturated carbocycles. The maximum absolute atomic E-state index is 12.3. The van der Waals surface area contributed by atoms with Crippen molar-refractivity contribution in [1.82, 2.24) is 4.98 Å². The van der Waals surface area contributed by atoms with Crippen LogP contribution in [0.5, 0.6) is 5.75 Å². The first-order chi connectivity index (χ1) is 10.1. The lowest BCUT2D eigenvalue weighted by atomic mass is 9.98. The molecule has 1 aliphatic heterocycles. The zero-order valence-electron chi connectivity index (χ0n) is 11.5. The van der Waals surface area contributed by atoms with Crippen LogP contribution in [0.2, 0.25) is 0 Å². The van der Waals surface area contributed by atoms with Crippen LogP contribution in [-0.2, 0) is 11.3 Å². The number of ether oxygens (including phenoxy) is 1. The number of nitrogens with zero attached hydrogens (tertiary/aromatic N) is 1. The molecule has 0 radical (unpaired) electrons. The number of rotatable bonds is 3. The third-order valence-electron chi connectivity index (χ3n) is 3.66. The third kappa shape index (κ3) is 2.71. The van der Waals surface area contributed by atoms with Gasteiger partial charge in [-0.15, -0.1) is 0 Å². The summed E-state index contributed by atoms with van der Waals surface area (Å²) in [5.74, 6) is 0.132. The molecule has 108 valence electrons. The molecule has 3 rings (SSSR count). The number of benzene rings is 1. The van der Waals surface area contributed by atoms with Crippen LogP contribution in [0.1, 0.15) is 39.7 Å². The number of hydrogen-bond acceptors (Lipinski definition) is 4. The Kier molecular flexibility index (Phi) is 3.78. The molecular weight excluding hydrogens is 334 g/mol. The van der Waals surface area contributed by atoms with E-state index in [0.717, 1.165) is 10.0 Å². The highest BCUT2D eigenvalue weighted by atomic mass is 79.9. The second-order valence-corrected chi connectivity index (χ2v) is 5.98. The minimum absolute atomic E-state index is 0.00536. The van der Waals surface area contributed by atoms with Crippen molar-refractivity contribution in [2.75, 3.05) is 0 Å². The Balaban J connectivity index is 1.84. The molecule has 2 aromatic rings. The zero-order valence-corrected chi connectivity index (χ0v) is 13.1. The van der Waals surface area contributed by atoms with Gasteiger partial charge in [0.25, 0.3) is 0 Å². The average molecular weight is 348 g/mol. The summed E-state index contributed by atoms with van der Waals surface area (Å²) in [6.07, 6.45) is 1.51. The molecule has 1 atom stereocenters. The average Bonchev–Trinajstić information content (AvgIpc) is 2.87. The molecule has 2 heterocycles. The second kappa shape index (κ2) is 5.58. The van der Waals surface area contributed by atoms with Gasteiger partial charge in [-0.3, -0.25) is 9.78 Å². The highest BCUT2D eigenvalue weighted by Crippen LogP contribution is 2.40. The molecule has 1 N–H and O–H groups in total. The summed E-state index contributed by atoms with van der Waals surface area (Å²) in [6.45, 7) is 2.12. The van der Waals surface area contributed by atoms with E-state index >= 15 is 0 Å². The number of halogens is 1. The van der Waals surface area contributed by atoms with Gasteiger partial charge in [0.05, 0.1) is 18.4 Å². The van der Waals surface area contributed by atoms with E-state index in [1.54, 1.807) is 25.3 Å². The Morgan fingerprint density at radius 1 is 1.43 bits per heavy atom. The van der Waals surface area contributed by atoms with Gasteiger partial charge in [0, 0.05) is 33.8 Å². The fourth-order valence-electron chi connectivity index (χ4n) is 2.48. The molecule has 0 amide bonds. The van der Waals surface area contributed by atoms with Crippen molar-refractivity contribution in [2.24, 2.45) is 0 Å². The van der Waals surface area contributed by atoms with Crippen molar-refractivity contribution in [3.8, 4) is 5.75 Å². The molecule has 1 aromatic heterocycles. The number of ketones is 1. The first-order valence-corrected chi connectivity index (χ1v) is 7.43. The van der Waals surface area contributed by atoms with E-state index in [-0.39, 0.29) is 18.0 Å². The Morgan fingerprint density at radius 2 is 2.14 bits per heavy atom. The minimum Gasteiger partial charge on any atom is -0.506 e. The van der Waals surface area contributed by atoms with Gasteiger partial charge in [-0.1, -0.05) is 28.1 Å². The van der Waals surface area contributed by atoms with Crippen molar-refractivity contribution in [3.05, 3.63) is 57.3 Å². The van der Waals surface area contributed by atoms with Crippen LogP contribution >= 0.6 is 15.9 Å².